The van der Waals surface area contributed by atoms with Gasteiger partial charge in [-0.1, -0.05) is 0 Å². The van der Waals surface area contributed by atoms with E-state index in [2.05, 4.69) is 16.8 Å². The number of halogens is 1. The van der Waals surface area contributed by atoms with Gasteiger partial charge in [0.2, 0.25) is 0 Å². The third kappa shape index (κ3) is 3.38. The fraction of sp³-hybridized carbons (Fsp3) is 0.643. The lowest BCUT2D eigenvalue weighted by Crippen LogP contribution is -2.42. The second kappa shape index (κ2) is 6.55. The summed E-state index contributed by atoms with van der Waals surface area (Å²) in [6, 6.07) is 0. The number of ether oxygens (including phenoxy) is 2. The second-order valence-electron chi connectivity index (χ2n) is 4.93. The fourth-order valence-corrected chi connectivity index (χ4v) is 2.65. The number of nitrogens with zero attached hydrogens (tertiary/aromatic N) is 2. The number of morpholine rings is 1. The van der Waals surface area contributed by atoms with Crippen LogP contribution in [0.15, 0.2) is 6.20 Å². The molecule has 0 aromatic carbocycles. The van der Waals surface area contributed by atoms with Crippen molar-refractivity contribution in [2.45, 2.75) is 26.5 Å². The van der Waals surface area contributed by atoms with E-state index < -0.39 is 0 Å². The molecule has 1 aromatic heterocycles. The van der Waals surface area contributed by atoms with Crippen molar-refractivity contribution in [3.63, 3.8) is 0 Å². The molecule has 1 atom stereocenters. The Morgan fingerprint density at radius 3 is 3.00 bits per heavy atom. The number of hydrogen-bond acceptors (Lipinski definition) is 4. The van der Waals surface area contributed by atoms with Crippen LogP contribution < -0.4 is 4.74 Å². The SMILES string of the molecule is COc1c(C)cnc(CN2CCOC(CCl)C2)c1C. The summed E-state index contributed by atoms with van der Waals surface area (Å²) in [5.74, 6) is 1.48. The molecule has 0 bridgehead atoms. The third-order valence-corrected chi connectivity index (χ3v) is 3.86. The molecule has 19 heavy (non-hydrogen) atoms. The van der Waals surface area contributed by atoms with E-state index in [0.717, 1.165) is 48.8 Å². The lowest BCUT2D eigenvalue weighted by atomic mass is 10.1. The molecule has 0 amide bonds. The molecule has 1 unspecified atom stereocenters. The van der Waals surface area contributed by atoms with Gasteiger partial charge in [0.25, 0.3) is 0 Å². The Kier molecular flexibility index (Phi) is 5.02. The average Bonchev–Trinajstić information content (AvgIpc) is 2.43. The monoisotopic (exact) mass is 284 g/mol. The predicted octanol–water partition coefficient (Wildman–Crippen LogP) is 2.15. The van der Waals surface area contributed by atoms with Crippen LogP contribution in [0.2, 0.25) is 0 Å². The van der Waals surface area contributed by atoms with Crippen molar-refractivity contribution in [3.05, 3.63) is 23.0 Å². The van der Waals surface area contributed by atoms with Gasteiger partial charge in [-0.15, -0.1) is 11.6 Å². The third-order valence-electron chi connectivity index (χ3n) is 3.52. The topological polar surface area (TPSA) is 34.6 Å². The Balaban J connectivity index is 2.10. The number of methoxy groups -OCH3 is 1. The molecule has 106 valence electrons. The molecule has 1 saturated heterocycles. The molecule has 0 aliphatic carbocycles. The molecule has 5 heteroatoms. The summed E-state index contributed by atoms with van der Waals surface area (Å²) in [5, 5.41) is 0. The summed E-state index contributed by atoms with van der Waals surface area (Å²) in [6.07, 6.45) is 2.00. The zero-order chi connectivity index (χ0) is 13.8. The highest BCUT2D eigenvalue weighted by Gasteiger charge is 2.21. The van der Waals surface area contributed by atoms with Crippen molar-refractivity contribution in [2.24, 2.45) is 0 Å². The molecule has 0 N–H and O–H groups in total. The summed E-state index contributed by atoms with van der Waals surface area (Å²) in [5.41, 5.74) is 3.26. The molecule has 4 nitrogen and oxygen atoms in total. The quantitative estimate of drug-likeness (QED) is 0.794. The van der Waals surface area contributed by atoms with Crippen molar-refractivity contribution in [1.82, 2.24) is 9.88 Å². The molecule has 1 fully saturated rings. The summed E-state index contributed by atoms with van der Waals surface area (Å²) in [4.78, 5) is 6.87. The Morgan fingerprint density at radius 1 is 1.53 bits per heavy atom. The van der Waals surface area contributed by atoms with Gasteiger partial charge in [0, 0.05) is 42.8 Å². The van der Waals surface area contributed by atoms with Crippen LogP contribution in [0.4, 0.5) is 0 Å². The van der Waals surface area contributed by atoms with Crippen molar-refractivity contribution >= 4 is 11.6 Å². The van der Waals surface area contributed by atoms with Gasteiger partial charge in [-0.2, -0.15) is 0 Å². The minimum Gasteiger partial charge on any atom is -0.496 e. The van der Waals surface area contributed by atoms with Gasteiger partial charge in [0.1, 0.15) is 5.75 Å². The zero-order valence-corrected chi connectivity index (χ0v) is 12.5. The van der Waals surface area contributed by atoms with E-state index in [1.807, 2.05) is 13.1 Å². The Bertz CT molecular complexity index is 440. The number of alkyl halides is 1. The van der Waals surface area contributed by atoms with Gasteiger partial charge in [-0.3, -0.25) is 9.88 Å². The van der Waals surface area contributed by atoms with Gasteiger partial charge in [-0.05, 0) is 13.8 Å². The van der Waals surface area contributed by atoms with Gasteiger partial charge < -0.3 is 9.47 Å². The first kappa shape index (κ1) is 14.6. The van der Waals surface area contributed by atoms with Crippen molar-refractivity contribution in [3.8, 4) is 5.75 Å². The van der Waals surface area contributed by atoms with Crippen LogP contribution in [0.25, 0.3) is 0 Å². The normalized spacial score (nSPS) is 20.5. The number of aromatic nitrogens is 1. The van der Waals surface area contributed by atoms with E-state index in [4.69, 9.17) is 21.1 Å². The highest BCUT2D eigenvalue weighted by Crippen LogP contribution is 2.25. The second-order valence-corrected chi connectivity index (χ2v) is 5.24. The number of rotatable bonds is 4. The van der Waals surface area contributed by atoms with Crippen molar-refractivity contribution in [1.29, 1.82) is 0 Å². The number of aryl methyl sites for hydroxylation is 1. The van der Waals surface area contributed by atoms with Crippen LogP contribution in [-0.4, -0.2) is 48.7 Å². The summed E-state index contributed by atoms with van der Waals surface area (Å²) >= 11 is 5.86. The molecule has 1 aliphatic rings. The minimum absolute atomic E-state index is 0.128. The smallest absolute Gasteiger partial charge is 0.128 e. The highest BCUT2D eigenvalue weighted by molar-refractivity contribution is 6.18. The van der Waals surface area contributed by atoms with Gasteiger partial charge in [-0.25, -0.2) is 0 Å². The standard InChI is InChI=1S/C14H21ClN2O2/c1-10-7-16-13(11(2)14(10)18-3)9-17-4-5-19-12(6-15)8-17/h7,12H,4-6,8-9H2,1-3H3. The van der Waals surface area contributed by atoms with E-state index in [-0.39, 0.29) is 6.10 Å². The Morgan fingerprint density at radius 2 is 2.32 bits per heavy atom. The van der Waals surface area contributed by atoms with E-state index >= 15 is 0 Å². The Hall–Kier alpha value is -0.840. The molecular weight excluding hydrogens is 264 g/mol. The first-order valence-corrected chi connectivity index (χ1v) is 7.08. The predicted molar refractivity (Wildman–Crippen MR) is 76.0 cm³/mol. The van der Waals surface area contributed by atoms with Crippen LogP contribution in [0.1, 0.15) is 16.8 Å². The van der Waals surface area contributed by atoms with Crippen molar-refractivity contribution < 1.29 is 9.47 Å². The van der Waals surface area contributed by atoms with Crippen LogP contribution in [-0.2, 0) is 11.3 Å². The number of hydrogen-bond donors (Lipinski definition) is 0. The lowest BCUT2D eigenvalue weighted by molar-refractivity contribution is -0.0198. The van der Waals surface area contributed by atoms with E-state index in [1.54, 1.807) is 7.11 Å². The van der Waals surface area contributed by atoms with E-state index in [1.165, 1.54) is 0 Å². The first-order valence-electron chi connectivity index (χ1n) is 6.54. The maximum atomic E-state index is 5.86. The fourth-order valence-electron chi connectivity index (χ4n) is 2.46. The largest absolute Gasteiger partial charge is 0.496 e. The van der Waals surface area contributed by atoms with Gasteiger partial charge in [0.15, 0.2) is 0 Å². The molecule has 2 rings (SSSR count). The molecule has 2 heterocycles. The molecule has 0 spiro atoms. The van der Waals surface area contributed by atoms with E-state index in [9.17, 15) is 0 Å². The van der Waals surface area contributed by atoms with Crippen molar-refractivity contribution in [2.75, 3.05) is 32.7 Å². The maximum absolute atomic E-state index is 5.86. The molecule has 1 aliphatic heterocycles. The lowest BCUT2D eigenvalue weighted by Gasteiger charge is -2.32. The Labute approximate surface area is 119 Å². The highest BCUT2D eigenvalue weighted by atomic mass is 35.5. The number of pyridine rings is 1. The maximum Gasteiger partial charge on any atom is 0.128 e. The molecule has 1 aromatic rings. The van der Waals surface area contributed by atoms with E-state index in [0.29, 0.717) is 5.88 Å². The molecule has 0 radical (unpaired) electrons. The minimum atomic E-state index is 0.128. The van der Waals surface area contributed by atoms with Crippen LogP contribution in [0.3, 0.4) is 0 Å². The van der Waals surface area contributed by atoms with Gasteiger partial charge in [0.05, 0.1) is 25.5 Å². The van der Waals surface area contributed by atoms with Crippen LogP contribution >= 0.6 is 11.6 Å². The summed E-state index contributed by atoms with van der Waals surface area (Å²) < 4.78 is 11.0. The van der Waals surface area contributed by atoms with Gasteiger partial charge >= 0.3 is 0 Å². The van der Waals surface area contributed by atoms with Crippen LogP contribution in [0.5, 0.6) is 5.75 Å². The summed E-state index contributed by atoms with van der Waals surface area (Å²) in [7, 11) is 1.71. The molecular formula is C14H21ClN2O2. The zero-order valence-electron chi connectivity index (χ0n) is 11.8. The molecule has 0 saturated carbocycles. The van der Waals surface area contributed by atoms with Crippen LogP contribution in [0, 0.1) is 13.8 Å². The average molecular weight is 285 g/mol. The first-order chi connectivity index (χ1) is 9.15. The summed E-state index contributed by atoms with van der Waals surface area (Å²) in [6.45, 7) is 7.42.